The molecule has 0 amide bonds. The van der Waals surface area contributed by atoms with E-state index in [0.717, 1.165) is 18.5 Å². The fraction of sp³-hybridized carbons (Fsp3) is 0.400. The van der Waals surface area contributed by atoms with Crippen LogP contribution < -0.4 is 5.32 Å². The van der Waals surface area contributed by atoms with Crippen molar-refractivity contribution in [1.29, 1.82) is 0 Å². The molecule has 0 bridgehead atoms. The van der Waals surface area contributed by atoms with E-state index in [2.05, 4.69) is 50.1 Å². The van der Waals surface area contributed by atoms with Crippen LogP contribution in [0.5, 0.6) is 0 Å². The Morgan fingerprint density at radius 2 is 1.88 bits per heavy atom. The molecule has 0 fully saturated rings. The second kappa shape index (κ2) is 4.74. The van der Waals surface area contributed by atoms with Crippen LogP contribution in [0, 0.1) is 20.8 Å². The molecule has 0 aliphatic carbocycles. The van der Waals surface area contributed by atoms with Gasteiger partial charge in [-0.3, -0.25) is 4.98 Å². The monoisotopic (exact) mass is 228 g/mol. The van der Waals surface area contributed by atoms with Crippen molar-refractivity contribution in [2.75, 3.05) is 11.9 Å². The second-order valence-corrected chi connectivity index (χ2v) is 4.72. The molecule has 17 heavy (non-hydrogen) atoms. The van der Waals surface area contributed by atoms with Crippen molar-refractivity contribution in [1.82, 2.24) is 4.98 Å². The van der Waals surface area contributed by atoms with Gasteiger partial charge in [0.15, 0.2) is 0 Å². The Hall–Kier alpha value is -1.57. The van der Waals surface area contributed by atoms with Crippen molar-refractivity contribution in [3.63, 3.8) is 0 Å². The summed E-state index contributed by atoms with van der Waals surface area (Å²) in [5, 5.41) is 4.79. The van der Waals surface area contributed by atoms with E-state index in [1.807, 2.05) is 6.20 Å². The number of aromatic nitrogens is 1. The average molecular weight is 228 g/mol. The van der Waals surface area contributed by atoms with Gasteiger partial charge in [0.2, 0.25) is 0 Å². The van der Waals surface area contributed by atoms with Gasteiger partial charge < -0.3 is 5.32 Å². The van der Waals surface area contributed by atoms with Crippen molar-refractivity contribution in [3.8, 4) is 0 Å². The molecule has 90 valence electrons. The molecule has 0 radical (unpaired) electrons. The first-order chi connectivity index (χ1) is 8.13. The number of hydrogen-bond donors (Lipinski definition) is 1. The Labute approximate surface area is 103 Å². The van der Waals surface area contributed by atoms with Gasteiger partial charge in [0.25, 0.3) is 0 Å². The van der Waals surface area contributed by atoms with Gasteiger partial charge in [0, 0.05) is 23.8 Å². The van der Waals surface area contributed by atoms with E-state index in [1.54, 1.807) is 0 Å². The lowest BCUT2D eigenvalue weighted by Crippen LogP contribution is -2.04. The molecule has 0 spiro atoms. The molecule has 0 unspecified atom stereocenters. The number of hydrogen-bond acceptors (Lipinski definition) is 2. The van der Waals surface area contributed by atoms with E-state index in [-0.39, 0.29) is 0 Å². The van der Waals surface area contributed by atoms with Crippen LogP contribution in [-0.2, 0) is 0 Å². The Bertz CT molecular complexity index is 544. The summed E-state index contributed by atoms with van der Waals surface area (Å²) in [4.78, 5) is 4.53. The molecule has 1 heterocycles. The van der Waals surface area contributed by atoms with Gasteiger partial charge in [-0.25, -0.2) is 0 Å². The summed E-state index contributed by atoms with van der Waals surface area (Å²) in [6.45, 7) is 9.58. The van der Waals surface area contributed by atoms with Gasteiger partial charge in [-0.15, -0.1) is 0 Å². The lowest BCUT2D eigenvalue weighted by molar-refractivity contribution is 0.978. The van der Waals surface area contributed by atoms with Gasteiger partial charge >= 0.3 is 0 Å². The third-order valence-corrected chi connectivity index (χ3v) is 3.05. The maximum absolute atomic E-state index is 4.53. The normalized spacial score (nSPS) is 10.8. The van der Waals surface area contributed by atoms with Gasteiger partial charge in [0.1, 0.15) is 0 Å². The zero-order valence-electron chi connectivity index (χ0n) is 11.1. The van der Waals surface area contributed by atoms with Crippen LogP contribution in [0.25, 0.3) is 10.9 Å². The molecule has 0 saturated heterocycles. The maximum Gasteiger partial charge on any atom is 0.0728 e. The van der Waals surface area contributed by atoms with Gasteiger partial charge in [-0.2, -0.15) is 0 Å². The van der Waals surface area contributed by atoms with Crippen LogP contribution >= 0.6 is 0 Å². The second-order valence-electron chi connectivity index (χ2n) is 4.72. The average Bonchev–Trinajstić information content (AvgIpc) is 2.28. The van der Waals surface area contributed by atoms with E-state index in [4.69, 9.17) is 0 Å². The molecule has 0 saturated carbocycles. The smallest absolute Gasteiger partial charge is 0.0728 e. The minimum atomic E-state index is 1.01. The summed E-state index contributed by atoms with van der Waals surface area (Å²) in [5.41, 5.74) is 6.13. The lowest BCUT2D eigenvalue weighted by Gasteiger charge is -2.14. The molecule has 1 aromatic carbocycles. The molecular weight excluding hydrogens is 208 g/mol. The molecular formula is C15H20N2. The topological polar surface area (TPSA) is 24.9 Å². The predicted molar refractivity (Wildman–Crippen MR) is 74.7 cm³/mol. The summed E-state index contributed by atoms with van der Waals surface area (Å²) in [5.74, 6) is 0. The van der Waals surface area contributed by atoms with Crippen molar-refractivity contribution >= 4 is 16.6 Å². The van der Waals surface area contributed by atoms with E-state index >= 15 is 0 Å². The molecule has 2 aromatic rings. The number of benzene rings is 1. The number of nitrogens with one attached hydrogen (secondary N) is 1. The molecule has 0 aliphatic rings. The highest BCUT2D eigenvalue weighted by molar-refractivity contribution is 5.95. The first-order valence-corrected chi connectivity index (χ1v) is 6.24. The lowest BCUT2D eigenvalue weighted by atomic mass is 10.0. The van der Waals surface area contributed by atoms with Crippen LogP contribution in [-0.4, -0.2) is 11.5 Å². The molecule has 2 nitrogen and oxygen atoms in total. The Morgan fingerprint density at radius 1 is 1.12 bits per heavy atom. The summed E-state index contributed by atoms with van der Waals surface area (Å²) < 4.78 is 0. The highest BCUT2D eigenvalue weighted by atomic mass is 14.9. The fourth-order valence-electron chi connectivity index (χ4n) is 2.28. The first kappa shape index (κ1) is 11.9. The van der Waals surface area contributed by atoms with Gasteiger partial charge in [-0.1, -0.05) is 13.0 Å². The highest BCUT2D eigenvalue weighted by Gasteiger charge is 2.08. The maximum atomic E-state index is 4.53. The number of aryl methyl sites for hydroxylation is 3. The number of fused-ring (bicyclic) bond motifs is 1. The van der Waals surface area contributed by atoms with E-state index in [9.17, 15) is 0 Å². The number of anilines is 1. The number of pyridine rings is 1. The molecule has 1 aromatic heterocycles. The van der Waals surface area contributed by atoms with Crippen LogP contribution in [0.15, 0.2) is 18.3 Å². The summed E-state index contributed by atoms with van der Waals surface area (Å²) >= 11 is 0. The van der Waals surface area contributed by atoms with E-state index in [1.165, 1.54) is 27.8 Å². The van der Waals surface area contributed by atoms with Crippen molar-refractivity contribution in [3.05, 3.63) is 35.0 Å². The minimum absolute atomic E-state index is 1.01. The largest absolute Gasteiger partial charge is 0.384 e. The highest BCUT2D eigenvalue weighted by Crippen LogP contribution is 2.29. The third kappa shape index (κ3) is 2.26. The zero-order chi connectivity index (χ0) is 12.4. The van der Waals surface area contributed by atoms with Crippen molar-refractivity contribution in [2.24, 2.45) is 0 Å². The van der Waals surface area contributed by atoms with E-state index in [0.29, 0.717) is 0 Å². The van der Waals surface area contributed by atoms with Crippen molar-refractivity contribution < 1.29 is 0 Å². The zero-order valence-corrected chi connectivity index (χ0v) is 11.1. The number of nitrogens with zero attached hydrogens (tertiary/aromatic N) is 1. The Kier molecular flexibility index (Phi) is 3.32. The van der Waals surface area contributed by atoms with Crippen LogP contribution in [0.2, 0.25) is 0 Å². The summed E-state index contributed by atoms with van der Waals surface area (Å²) in [7, 11) is 0. The molecule has 1 N–H and O–H groups in total. The number of rotatable bonds is 3. The molecule has 2 heteroatoms. The first-order valence-electron chi connectivity index (χ1n) is 6.24. The predicted octanol–water partition coefficient (Wildman–Crippen LogP) is 3.98. The Morgan fingerprint density at radius 3 is 2.59 bits per heavy atom. The van der Waals surface area contributed by atoms with Crippen molar-refractivity contribution in [2.45, 2.75) is 34.1 Å². The fourth-order valence-corrected chi connectivity index (χ4v) is 2.28. The Balaban J connectivity index is 2.66. The van der Waals surface area contributed by atoms with Crippen LogP contribution in [0.4, 0.5) is 5.69 Å². The van der Waals surface area contributed by atoms with Crippen LogP contribution in [0.1, 0.15) is 30.0 Å². The van der Waals surface area contributed by atoms with Gasteiger partial charge in [-0.05, 0) is 49.9 Å². The summed E-state index contributed by atoms with van der Waals surface area (Å²) in [6, 6.07) is 4.37. The standard InChI is InChI=1S/C15H20N2/c1-5-6-16-15-12(4)9-17-13-8-10(2)7-11(3)14(13)15/h7-9H,5-6H2,1-4H3,(H,16,17). The molecule has 0 atom stereocenters. The molecule has 2 rings (SSSR count). The summed E-state index contributed by atoms with van der Waals surface area (Å²) in [6.07, 6.45) is 3.09. The van der Waals surface area contributed by atoms with Gasteiger partial charge in [0.05, 0.1) is 5.52 Å². The minimum Gasteiger partial charge on any atom is -0.384 e. The quantitative estimate of drug-likeness (QED) is 0.859. The third-order valence-electron chi connectivity index (χ3n) is 3.05. The van der Waals surface area contributed by atoms with Crippen LogP contribution in [0.3, 0.4) is 0 Å². The molecule has 0 aliphatic heterocycles. The van der Waals surface area contributed by atoms with E-state index < -0.39 is 0 Å². The SMILES string of the molecule is CCCNc1c(C)cnc2cc(C)cc(C)c12.